The lowest BCUT2D eigenvalue weighted by Crippen LogP contribution is -2.51. The molecule has 1 aliphatic rings. The Morgan fingerprint density at radius 2 is 1.61 bits per heavy atom. The fourth-order valence-corrected chi connectivity index (χ4v) is 5.62. The summed E-state index contributed by atoms with van der Waals surface area (Å²) in [6, 6.07) is 19.0. The van der Waals surface area contributed by atoms with Crippen LogP contribution in [0.4, 0.5) is 5.69 Å². The van der Waals surface area contributed by atoms with Crippen molar-refractivity contribution in [1.29, 1.82) is 0 Å². The molecule has 0 spiro atoms. The monoisotopic (exact) mass is 464 g/mol. The van der Waals surface area contributed by atoms with Crippen LogP contribution < -0.4 is 14.4 Å². The van der Waals surface area contributed by atoms with Gasteiger partial charge in [0, 0.05) is 0 Å². The minimum absolute atomic E-state index is 0.112. The van der Waals surface area contributed by atoms with Gasteiger partial charge in [-0.15, -0.1) is 0 Å². The first kappa shape index (κ1) is 22.9. The van der Waals surface area contributed by atoms with Crippen molar-refractivity contribution in [1.82, 2.24) is 5.32 Å². The van der Waals surface area contributed by atoms with E-state index in [-0.39, 0.29) is 23.4 Å². The number of rotatable bonds is 5. The van der Waals surface area contributed by atoms with Crippen molar-refractivity contribution >= 4 is 21.6 Å². The van der Waals surface area contributed by atoms with Crippen molar-refractivity contribution in [2.75, 3.05) is 10.8 Å². The molecule has 0 aromatic heterocycles. The van der Waals surface area contributed by atoms with E-state index < -0.39 is 16.1 Å². The quantitative estimate of drug-likeness (QED) is 0.606. The SMILES string of the molecule is Cc1cc(C)c(C(C)NC(=O)C2CN(S(=O)(=O)c3ccccc3)c3ccccc3O2)cc1C. The van der Waals surface area contributed by atoms with Gasteiger partial charge in [0.25, 0.3) is 15.9 Å². The second-order valence-corrected chi connectivity index (χ2v) is 10.3. The first-order valence-electron chi connectivity index (χ1n) is 10.9. The third-order valence-corrected chi connectivity index (χ3v) is 7.86. The molecule has 0 aliphatic carbocycles. The van der Waals surface area contributed by atoms with Crippen molar-refractivity contribution in [3.8, 4) is 5.75 Å². The van der Waals surface area contributed by atoms with Crippen molar-refractivity contribution in [2.45, 2.75) is 44.7 Å². The molecule has 1 amide bonds. The number of ether oxygens (including phenoxy) is 1. The summed E-state index contributed by atoms with van der Waals surface area (Å²) in [7, 11) is -3.87. The van der Waals surface area contributed by atoms with Gasteiger partial charge in [-0.25, -0.2) is 8.42 Å². The highest BCUT2D eigenvalue weighted by Gasteiger charge is 2.37. The van der Waals surface area contributed by atoms with Gasteiger partial charge in [-0.05, 0) is 74.2 Å². The molecule has 1 heterocycles. The normalized spacial score (nSPS) is 16.5. The number of para-hydroxylation sites is 2. The minimum Gasteiger partial charge on any atom is -0.476 e. The fourth-order valence-electron chi connectivity index (χ4n) is 4.12. The molecule has 3 aromatic rings. The number of carbonyl (C=O) groups is 1. The standard InChI is InChI=1S/C26H28N2O4S/c1-17-14-19(3)22(15-18(17)2)20(4)27-26(29)25-16-28(23-12-8-9-13-24(23)32-25)33(30,31)21-10-6-5-7-11-21/h5-15,20,25H,16H2,1-4H3,(H,27,29). The summed E-state index contributed by atoms with van der Waals surface area (Å²) >= 11 is 0. The summed E-state index contributed by atoms with van der Waals surface area (Å²) < 4.78 is 34.0. The van der Waals surface area contributed by atoms with Crippen LogP contribution >= 0.6 is 0 Å². The molecule has 2 unspecified atom stereocenters. The molecular weight excluding hydrogens is 436 g/mol. The highest BCUT2D eigenvalue weighted by molar-refractivity contribution is 7.92. The van der Waals surface area contributed by atoms with Crippen LogP contribution in [0.2, 0.25) is 0 Å². The predicted octanol–water partition coefficient (Wildman–Crippen LogP) is 4.45. The van der Waals surface area contributed by atoms with Gasteiger partial charge in [-0.3, -0.25) is 9.10 Å². The molecule has 3 aromatic carbocycles. The molecule has 0 saturated heterocycles. The van der Waals surface area contributed by atoms with E-state index in [1.165, 1.54) is 9.87 Å². The Kier molecular flexibility index (Phi) is 6.17. The summed E-state index contributed by atoms with van der Waals surface area (Å²) in [5, 5.41) is 3.01. The molecule has 0 bridgehead atoms. The Bertz CT molecular complexity index is 1290. The summed E-state index contributed by atoms with van der Waals surface area (Å²) in [6.07, 6.45) is -0.979. The third kappa shape index (κ3) is 4.46. The number of hydrogen-bond donors (Lipinski definition) is 1. The van der Waals surface area contributed by atoms with Crippen LogP contribution in [0.15, 0.2) is 71.6 Å². The van der Waals surface area contributed by atoms with Crippen LogP contribution in [0.3, 0.4) is 0 Å². The second kappa shape index (κ2) is 8.90. The van der Waals surface area contributed by atoms with Gasteiger partial charge in [-0.2, -0.15) is 0 Å². The number of nitrogens with one attached hydrogen (secondary N) is 1. The number of hydrogen-bond acceptors (Lipinski definition) is 4. The number of aryl methyl sites for hydroxylation is 3. The van der Waals surface area contributed by atoms with E-state index in [4.69, 9.17) is 4.74 Å². The van der Waals surface area contributed by atoms with Crippen LogP contribution in [0.1, 0.15) is 35.2 Å². The van der Waals surface area contributed by atoms with Crippen LogP contribution in [0.25, 0.3) is 0 Å². The predicted molar refractivity (Wildman–Crippen MR) is 129 cm³/mol. The van der Waals surface area contributed by atoms with Gasteiger partial charge < -0.3 is 10.1 Å². The van der Waals surface area contributed by atoms with Crippen molar-refractivity contribution < 1.29 is 17.9 Å². The zero-order chi connectivity index (χ0) is 23.8. The number of fused-ring (bicyclic) bond motifs is 1. The zero-order valence-corrected chi connectivity index (χ0v) is 20.0. The molecule has 2 atom stereocenters. The molecule has 7 heteroatoms. The average Bonchev–Trinajstić information content (AvgIpc) is 2.81. The van der Waals surface area contributed by atoms with E-state index in [2.05, 4.69) is 24.4 Å². The van der Waals surface area contributed by atoms with E-state index in [1.807, 2.05) is 20.8 Å². The van der Waals surface area contributed by atoms with Crippen molar-refractivity contribution in [3.63, 3.8) is 0 Å². The molecule has 6 nitrogen and oxygen atoms in total. The van der Waals surface area contributed by atoms with Crippen molar-refractivity contribution in [3.05, 3.63) is 89.0 Å². The molecular formula is C26H28N2O4S. The van der Waals surface area contributed by atoms with Gasteiger partial charge in [0.15, 0.2) is 6.10 Å². The maximum atomic E-state index is 13.4. The lowest BCUT2D eigenvalue weighted by Gasteiger charge is -2.35. The smallest absolute Gasteiger partial charge is 0.264 e. The van der Waals surface area contributed by atoms with Gasteiger partial charge in [0.2, 0.25) is 0 Å². The molecule has 172 valence electrons. The topological polar surface area (TPSA) is 75.7 Å². The molecule has 0 fully saturated rings. The Labute approximate surface area is 195 Å². The maximum absolute atomic E-state index is 13.4. The maximum Gasteiger partial charge on any atom is 0.264 e. The Balaban J connectivity index is 1.62. The minimum atomic E-state index is -3.87. The molecule has 4 rings (SSSR count). The highest BCUT2D eigenvalue weighted by Crippen LogP contribution is 2.37. The summed E-state index contributed by atoms with van der Waals surface area (Å²) in [6.45, 7) is 7.93. The fraction of sp³-hybridized carbons (Fsp3) is 0.269. The van der Waals surface area contributed by atoms with E-state index in [0.29, 0.717) is 11.4 Å². The third-order valence-electron chi connectivity index (χ3n) is 6.07. The molecule has 0 radical (unpaired) electrons. The van der Waals surface area contributed by atoms with Crippen LogP contribution in [-0.2, 0) is 14.8 Å². The van der Waals surface area contributed by atoms with E-state index in [0.717, 1.165) is 16.7 Å². The number of nitrogens with zero attached hydrogens (tertiary/aromatic N) is 1. The molecule has 33 heavy (non-hydrogen) atoms. The summed E-state index contributed by atoms with van der Waals surface area (Å²) in [5.41, 5.74) is 4.89. The number of carbonyl (C=O) groups excluding carboxylic acids is 1. The summed E-state index contributed by atoms with van der Waals surface area (Å²) in [5.74, 6) is 0.00122. The van der Waals surface area contributed by atoms with Gasteiger partial charge >= 0.3 is 0 Å². The Hall–Kier alpha value is -3.32. The average molecular weight is 465 g/mol. The number of benzene rings is 3. The molecule has 0 saturated carbocycles. The molecule has 1 aliphatic heterocycles. The van der Waals surface area contributed by atoms with Gasteiger partial charge in [-0.1, -0.05) is 42.5 Å². The van der Waals surface area contributed by atoms with Crippen LogP contribution in [0.5, 0.6) is 5.75 Å². The van der Waals surface area contributed by atoms with Crippen LogP contribution in [0, 0.1) is 20.8 Å². The zero-order valence-electron chi connectivity index (χ0n) is 19.2. The lowest BCUT2D eigenvalue weighted by molar-refractivity contribution is -0.128. The van der Waals surface area contributed by atoms with Crippen LogP contribution in [-0.4, -0.2) is 27.0 Å². The van der Waals surface area contributed by atoms with Gasteiger partial charge in [0.1, 0.15) is 5.75 Å². The lowest BCUT2D eigenvalue weighted by atomic mass is 9.96. The first-order chi connectivity index (χ1) is 15.7. The van der Waals surface area contributed by atoms with E-state index in [1.54, 1.807) is 54.6 Å². The van der Waals surface area contributed by atoms with E-state index in [9.17, 15) is 13.2 Å². The van der Waals surface area contributed by atoms with Crippen molar-refractivity contribution in [2.24, 2.45) is 0 Å². The van der Waals surface area contributed by atoms with E-state index >= 15 is 0 Å². The number of anilines is 1. The Morgan fingerprint density at radius 1 is 0.970 bits per heavy atom. The van der Waals surface area contributed by atoms with Gasteiger partial charge in [0.05, 0.1) is 23.2 Å². The number of amides is 1. The number of sulfonamides is 1. The first-order valence-corrected chi connectivity index (χ1v) is 12.3. The molecule has 1 N–H and O–H groups in total. The largest absolute Gasteiger partial charge is 0.476 e. The Morgan fingerprint density at radius 3 is 2.33 bits per heavy atom. The summed E-state index contributed by atoms with van der Waals surface area (Å²) in [4.78, 5) is 13.4. The highest BCUT2D eigenvalue weighted by atomic mass is 32.2. The second-order valence-electron chi connectivity index (χ2n) is 8.45.